The van der Waals surface area contributed by atoms with Gasteiger partial charge in [0.25, 0.3) is 0 Å². The summed E-state index contributed by atoms with van der Waals surface area (Å²) in [5, 5.41) is 0. The zero-order valence-electron chi connectivity index (χ0n) is 18.5. The number of alkyl halides is 1. The summed E-state index contributed by atoms with van der Waals surface area (Å²) in [6, 6.07) is 20.7. The maximum Gasteiger partial charge on any atom is 0.405 e. The van der Waals surface area contributed by atoms with Crippen molar-refractivity contribution in [2.75, 3.05) is 20.2 Å². The van der Waals surface area contributed by atoms with Crippen molar-refractivity contribution in [3.8, 4) is 0 Å². The molecule has 31 heavy (non-hydrogen) atoms. The average Bonchev–Trinajstić information content (AvgIpc) is 3.19. The average molecular weight is 468 g/mol. The molecule has 1 aliphatic heterocycles. The first-order valence-corrected chi connectivity index (χ1v) is 11.1. The maximum absolute atomic E-state index is 12.1. The third-order valence-corrected chi connectivity index (χ3v) is 4.81. The Hall–Kier alpha value is -2.08. The highest BCUT2D eigenvalue weighted by Gasteiger charge is 2.38. The molecule has 5 nitrogen and oxygen atoms in total. The molecule has 0 aromatic heterocycles. The summed E-state index contributed by atoms with van der Waals surface area (Å²) in [5.74, 6) is 0.0119. The monoisotopic (exact) mass is 467 g/mol. The van der Waals surface area contributed by atoms with Crippen molar-refractivity contribution in [3.63, 3.8) is 0 Å². The molecular weight excluding hydrogens is 437 g/mol. The van der Waals surface area contributed by atoms with Gasteiger partial charge in [-0.25, -0.2) is 4.79 Å². The highest BCUT2D eigenvalue weighted by Crippen LogP contribution is 2.34. The van der Waals surface area contributed by atoms with Crippen LogP contribution in [0.2, 0.25) is 0 Å². The van der Waals surface area contributed by atoms with Crippen LogP contribution in [0.4, 0.5) is 4.79 Å². The summed E-state index contributed by atoms with van der Waals surface area (Å²) in [6.07, 6.45) is 0. The number of carbonyl (C=O) groups is 2. The second-order valence-corrected chi connectivity index (χ2v) is 7.65. The van der Waals surface area contributed by atoms with E-state index in [1.54, 1.807) is 0 Å². The van der Waals surface area contributed by atoms with Gasteiger partial charge in [-0.05, 0) is 18.1 Å². The van der Waals surface area contributed by atoms with E-state index in [4.69, 9.17) is 27.9 Å². The van der Waals surface area contributed by atoms with Gasteiger partial charge in [0.15, 0.2) is 5.56 Å². The van der Waals surface area contributed by atoms with Crippen LogP contribution in [0, 0.1) is 5.92 Å². The molecule has 3 rings (SSSR count). The molecule has 1 aliphatic rings. The fraction of sp³-hybridized carbons (Fsp3) is 0.417. The predicted molar refractivity (Wildman–Crippen MR) is 125 cm³/mol. The Morgan fingerprint density at radius 2 is 1.58 bits per heavy atom. The van der Waals surface area contributed by atoms with E-state index in [0.29, 0.717) is 0 Å². The third kappa shape index (κ3) is 9.72. The number of esters is 1. The number of methoxy groups -OCH3 is 1. The maximum atomic E-state index is 12.1. The highest BCUT2D eigenvalue weighted by molar-refractivity contribution is 6.61. The zero-order chi connectivity index (χ0) is 23.2. The summed E-state index contributed by atoms with van der Waals surface area (Å²) in [6.45, 7) is 8.01. The van der Waals surface area contributed by atoms with Crippen LogP contribution in [0.5, 0.6) is 0 Å². The van der Waals surface area contributed by atoms with Gasteiger partial charge in [-0.1, -0.05) is 86.1 Å². The molecule has 170 valence electrons. The molecular formula is C24H31Cl2NO4. The third-order valence-electron chi connectivity index (χ3n) is 4.63. The van der Waals surface area contributed by atoms with Gasteiger partial charge in [0.1, 0.15) is 0 Å². The van der Waals surface area contributed by atoms with Crippen LogP contribution in [0.3, 0.4) is 0 Å². The number of benzene rings is 2. The lowest BCUT2D eigenvalue weighted by Crippen LogP contribution is -2.24. The molecule has 1 saturated heterocycles. The van der Waals surface area contributed by atoms with Gasteiger partial charge >= 0.3 is 11.4 Å². The van der Waals surface area contributed by atoms with Gasteiger partial charge in [0.05, 0.1) is 13.0 Å². The number of nitrogens with zero attached hydrogens (tertiary/aromatic N) is 1. The van der Waals surface area contributed by atoms with E-state index in [1.807, 2.05) is 38.1 Å². The van der Waals surface area contributed by atoms with Gasteiger partial charge in [-0.2, -0.15) is 0 Å². The van der Waals surface area contributed by atoms with Crippen LogP contribution in [0.25, 0.3) is 0 Å². The molecule has 7 heteroatoms. The summed E-state index contributed by atoms with van der Waals surface area (Å²) in [7, 11) is 1.48. The number of likely N-dealkylation sites (tertiary alicyclic amines) is 1. The summed E-state index contributed by atoms with van der Waals surface area (Å²) >= 11 is 9.87. The van der Waals surface area contributed by atoms with Crippen molar-refractivity contribution < 1.29 is 19.1 Å². The molecule has 1 fully saturated rings. The lowest BCUT2D eigenvalue weighted by atomic mass is 9.89. The van der Waals surface area contributed by atoms with Crippen molar-refractivity contribution >= 4 is 34.6 Å². The Bertz CT molecular complexity index is 772. The SMILES string of the molecule is CC.CC(Cl)OC(=O)Cl.COC(=O)[C@@H]1CN(Cc2ccccc2)C[C@H]1c1ccccc1. The van der Waals surface area contributed by atoms with Gasteiger partial charge < -0.3 is 9.47 Å². The van der Waals surface area contributed by atoms with Crippen molar-refractivity contribution in [2.45, 2.75) is 38.8 Å². The van der Waals surface area contributed by atoms with Crippen LogP contribution in [0.15, 0.2) is 60.7 Å². The lowest BCUT2D eigenvalue weighted by molar-refractivity contribution is -0.145. The molecule has 1 unspecified atom stereocenters. The Morgan fingerprint density at radius 1 is 1.03 bits per heavy atom. The van der Waals surface area contributed by atoms with Gasteiger partial charge in [0.2, 0.25) is 0 Å². The molecule has 0 bridgehead atoms. The number of carbonyl (C=O) groups excluding carboxylic acids is 2. The summed E-state index contributed by atoms with van der Waals surface area (Å²) in [5.41, 5.74) is 0.987. The highest BCUT2D eigenvalue weighted by atomic mass is 35.5. The van der Waals surface area contributed by atoms with E-state index in [0.717, 1.165) is 19.6 Å². The molecule has 0 amide bonds. The van der Waals surface area contributed by atoms with Crippen LogP contribution in [0.1, 0.15) is 37.8 Å². The van der Waals surface area contributed by atoms with Crippen molar-refractivity contribution in [3.05, 3.63) is 71.8 Å². The van der Waals surface area contributed by atoms with Crippen LogP contribution < -0.4 is 0 Å². The largest absolute Gasteiger partial charge is 0.469 e. The first-order chi connectivity index (χ1) is 14.9. The molecule has 0 saturated carbocycles. The van der Waals surface area contributed by atoms with E-state index in [2.05, 4.69) is 46.0 Å². The van der Waals surface area contributed by atoms with Crippen molar-refractivity contribution in [1.29, 1.82) is 0 Å². The van der Waals surface area contributed by atoms with Crippen LogP contribution in [-0.2, 0) is 20.8 Å². The van der Waals surface area contributed by atoms with Crippen LogP contribution in [-0.4, -0.2) is 42.1 Å². The fourth-order valence-electron chi connectivity index (χ4n) is 3.41. The Balaban J connectivity index is 0.000000457. The standard InChI is InChI=1S/C19H21NO2.C3H4Cl2O2.C2H6/c1-22-19(21)18-14-20(12-15-8-4-2-5-9-15)13-17(18)16-10-6-3-7-11-16;1-2(4)7-3(5)6;1-2/h2-11,17-18H,12-14H2,1H3;2H,1H3;1-2H3/t17-,18+;;/m0../s1. The fourth-order valence-corrected chi connectivity index (χ4v) is 3.67. The predicted octanol–water partition coefficient (Wildman–Crippen LogP) is 6.05. The molecule has 2 aromatic carbocycles. The second-order valence-electron chi connectivity index (χ2n) is 6.73. The number of hydrogen-bond donors (Lipinski definition) is 0. The smallest absolute Gasteiger partial charge is 0.405 e. The van der Waals surface area contributed by atoms with E-state index in [1.165, 1.54) is 25.2 Å². The van der Waals surface area contributed by atoms with Crippen LogP contribution >= 0.6 is 23.2 Å². The second kappa shape index (κ2) is 14.8. The quantitative estimate of drug-likeness (QED) is 0.304. The Morgan fingerprint density at radius 3 is 2.03 bits per heavy atom. The van der Waals surface area contributed by atoms with E-state index in [9.17, 15) is 9.59 Å². The number of ether oxygens (including phenoxy) is 2. The first-order valence-electron chi connectivity index (χ1n) is 10.3. The topological polar surface area (TPSA) is 55.8 Å². The molecule has 0 N–H and O–H groups in total. The number of rotatable bonds is 5. The minimum Gasteiger partial charge on any atom is -0.469 e. The zero-order valence-corrected chi connectivity index (χ0v) is 20.0. The molecule has 0 radical (unpaired) electrons. The molecule has 3 atom stereocenters. The lowest BCUT2D eigenvalue weighted by Gasteiger charge is -2.16. The summed E-state index contributed by atoms with van der Waals surface area (Å²) in [4.78, 5) is 24.2. The van der Waals surface area contributed by atoms with Crippen molar-refractivity contribution in [2.24, 2.45) is 5.92 Å². The number of halogens is 2. The van der Waals surface area contributed by atoms with E-state index in [-0.39, 0.29) is 17.8 Å². The van der Waals surface area contributed by atoms with E-state index >= 15 is 0 Å². The van der Waals surface area contributed by atoms with Gasteiger partial charge in [-0.15, -0.1) is 0 Å². The van der Waals surface area contributed by atoms with Crippen molar-refractivity contribution in [1.82, 2.24) is 4.90 Å². The molecule has 0 aliphatic carbocycles. The molecule has 0 spiro atoms. The number of hydrogen-bond acceptors (Lipinski definition) is 5. The minimum atomic E-state index is -0.873. The van der Waals surface area contributed by atoms with Gasteiger partial charge in [-0.3, -0.25) is 9.69 Å². The summed E-state index contributed by atoms with van der Waals surface area (Å²) < 4.78 is 9.16. The molecule has 1 heterocycles. The normalized spacial score (nSPS) is 18.5. The first kappa shape index (κ1) is 27.0. The Kier molecular flexibility index (Phi) is 12.9. The van der Waals surface area contributed by atoms with E-state index < -0.39 is 11.0 Å². The Labute approximate surface area is 195 Å². The van der Waals surface area contributed by atoms with Gasteiger partial charge in [0, 0.05) is 37.2 Å². The minimum absolute atomic E-state index is 0.0869. The molecule has 2 aromatic rings.